The second kappa shape index (κ2) is 9.73. The van der Waals surface area contributed by atoms with Crippen molar-refractivity contribution in [1.82, 2.24) is 9.97 Å². The SMILES string of the molecule is Nc1cccc(N(C(=O)C(F)(F)F)c2ccc(Nc3cc(-c4cccc5c4oc4ccccc45)ncn3)cc2)c1. The summed E-state index contributed by atoms with van der Waals surface area (Å²) >= 11 is 0. The number of furan rings is 1. The number of carbonyl (C=O) groups excluding carboxylic acids is 1. The summed E-state index contributed by atoms with van der Waals surface area (Å²) in [5, 5.41) is 5.11. The smallest absolute Gasteiger partial charge is 0.455 e. The van der Waals surface area contributed by atoms with E-state index in [2.05, 4.69) is 15.3 Å². The fourth-order valence-electron chi connectivity index (χ4n) is 4.54. The van der Waals surface area contributed by atoms with Crippen molar-refractivity contribution in [1.29, 1.82) is 0 Å². The molecule has 0 aliphatic heterocycles. The monoisotopic (exact) mass is 539 g/mol. The van der Waals surface area contributed by atoms with E-state index >= 15 is 0 Å². The number of hydrogen-bond acceptors (Lipinski definition) is 6. The van der Waals surface area contributed by atoms with Gasteiger partial charge >= 0.3 is 12.1 Å². The fourth-order valence-corrected chi connectivity index (χ4v) is 4.54. The van der Waals surface area contributed by atoms with Crippen molar-refractivity contribution in [3.8, 4) is 11.3 Å². The summed E-state index contributed by atoms with van der Waals surface area (Å²) in [6.07, 6.45) is -3.67. The second-order valence-corrected chi connectivity index (χ2v) is 8.97. The van der Waals surface area contributed by atoms with Crippen LogP contribution in [-0.2, 0) is 4.79 Å². The first-order chi connectivity index (χ1) is 19.3. The molecular weight excluding hydrogens is 519 g/mol. The van der Waals surface area contributed by atoms with E-state index in [1.54, 1.807) is 18.2 Å². The van der Waals surface area contributed by atoms with Crippen molar-refractivity contribution in [3.05, 3.63) is 103 Å². The van der Waals surface area contributed by atoms with Crippen LogP contribution in [0.4, 0.5) is 41.7 Å². The number of amides is 1. The van der Waals surface area contributed by atoms with Gasteiger partial charge in [-0.05, 0) is 54.6 Å². The maximum atomic E-state index is 13.4. The molecule has 0 aliphatic rings. The van der Waals surface area contributed by atoms with Gasteiger partial charge in [-0.25, -0.2) is 9.97 Å². The highest BCUT2D eigenvalue weighted by Crippen LogP contribution is 2.36. The zero-order chi connectivity index (χ0) is 27.9. The number of benzene rings is 4. The highest BCUT2D eigenvalue weighted by Gasteiger charge is 2.43. The molecule has 0 atom stereocenters. The van der Waals surface area contributed by atoms with Gasteiger partial charge in [0.1, 0.15) is 23.3 Å². The number of nitrogens with two attached hydrogens (primary N) is 1. The molecule has 198 valence electrons. The number of anilines is 5. The van der Waals surface area contributed by atoms with Crippen molar-refractivity contribution >= 4 is 56.4 Å². The maximum Gasteiger partial charge on any atom is 0.472 e. The first-order valence-corrected chi connectivity index (χ1v) is 12.1. The summed E-state index contributed by atoms with van der Waals surface area (Å²) in [6, 6.07) is 27.0. The lowest BCUT2D eigenvalue weighted by Crippen LogP contribution is -2.38. The molecule has 7 nitrogen and oxygen atoms in total. The number of alkyl halides is 3. The minimum Gasteiger partial charge on any atom is -0.455 e. The van der Waals surface area contributed by atoms with Gasteiger partial charge in [0, 0.05) is 39.5 Å². The van der Waals surface area contributed by atoms with Crippen molar-refractivity contribution in [2.24, 2.45) is 0 Å². The third kappa shape index (κ3) is 4.66. The number of fused-ring (bicyclic) bond motifs is 3. The third-order valence-electron chi connectivity index (χ3n) is 6.32. The predicted molar refractivity (Wildman–Crippen MR) is 149 cm³/mol. The molecule has 2 aromatic heterocycles. The van der Waals surface area contributed by atoms with Gasteiger partial charge in [0.15, 0.2) is 0 Å². The van der Waals surface area contributed by atoms with Crippen molar-refractivity contribution in [2.45, 2.75) is 6.18 Å². The Morgan fingerprint density at radius 3 is 2.35 bits per heavy atom. The Kier molecular flexibility index (Phi) is 6.07. The third-order valence-corrected chi connectivity index (χ3v) is 6.32. The maximum absolute atomic E-state index is 13.4. The molecule has 0 saturated heterocycles. The molecular formula is C30H20F3N5O2. The molecule has 4 aromatic carbocycles. The lowest BCUT2D eigenvalue weighted by molar-refractivity contribution is -0.169. The number of nitrogen functional groups attached to an aromatic ring is 1. The van der Waals surface area contributed by atoms with Crippen LogP contribution in [0.3, 0.4) is 0 Å². The molecule has 2 heterocycles. The fraction of sp³-hybridized carbons (Fsp3) is 0.0333. The molecule has 6 rings (SSSR count). The molecule has 0 aliphatic carbocycles. The molecule has 0 fully saturated rings. The van der Waals surface area contributed by atoms with Gasteiger partial charge < -0.3 is 15.5 Å². The summed E-state index contributed by atoms with van der Waals surface area (Å²) in [7, 11) is 0. The van der Waals surface area contributed by atoms with Crippen LogP contribution in [0.1, 0.15) is 0 Å². The van der Waals surface area contributed by atoms with E-state index in [-0.39, 0.29) is 17.1 Å². The van der Waals surface area contributed by atoms with Crippen LogP contribution in [0.15, 0.2) is 108 Å². The average molecular weight is 540 g/mol. The lowest BCUT2D eigenvalue weighted by Gasteiger charge is -2.24. The Labute approximate surface area is 225 Å². The van der Waals surface area contributed by atoms with Crippen molar-refractivity contribution < 1.29 is 22.4 Å². The van der Waals surface area contributed by atoms with Crippen LogP contribution in [-0.4, -0.2) is 22.1 Å². The van der Waals surface area contributed by atoms with Gasteiger partial charge in [-0.2, -0.15) is 13.2 Å². The van der Waals surface area contributed by atoms with Crippen molar-refractivity contribution in [3.63, 3.8) is 0 Å². The zero-order valence-corrected chi connectivity index (χ0v) is 20.7. The average Bonchev–Trinajstić information content (AvgIpc) is 3.33. The number of nitrogens with one attached hydrogen (secondary N) is 1. The highest BCUT2D eigenvalue weighted by molar-refractivity contribution is 6.09. The van der Waals surface area contributed by atoms with Crippen LogP contribution < -0.4 is 16.0 Å². The quantitative estimate of drug-likeness (QED) is 0.219. The summed E-state index contributed by atoms with van der Waals surface area (Å²) in [6.45, 7) is 0. The summed E-state index contributed by atoms with van der Waals surface area (Å²) in [5.41, 5.74) is 9.45. The number of halogens is 3. The molecule has 0 bridgehead atoms. The Balaban J connectivity index is 1.30. The molecule has 1 amide bonds. The van der Waals surface area contributed by atoms with Gasteiger partial charge in [-0.3, -0.25) is 9.69 Å². The molecule has 6 aromatic rings. The van der Waals surface area contributed by atoms with E-state index in [1.807, 2.05) is 42.5 Å². The van der Waals surface area contributed by atoms with E-state index in [0.717, 1.165) is 21.9 Å². The van der Waals surface area contributed by atoms with Crippen LogP contribution in [0.5, 0.6) is 0 Å². The summed E-state index contributed by atoms with van der Waals surface area (Å²) in [5.74, 6) is -1.57. The van der Waals surface area contributed by atoms with Crippen LogP contribution in [0.2, 0.25) is 0 Å². The number of rotatable bonds is 5. The van der Waals surface area contributed by atoms with E-state index < -0.39 is 12.1 Å². The number of para-hydroxylation sites is 2. The van der Waals surface area contributed by atoms with E-state index in [0.29, 0.717) is 27.7 Å². The van der Waals surface area contributed by atoms with E-state index in [1.165, 1.54) is 42.7 Å². The largest absolute Gasteiger partial charge is 0.472 e. The second-order valence-electron chi connectivity index (χ2n) is 8.97. The van der Waals surface area contributed by atoms with Gasteiger partial charge in [0.25, 0.3) is 0 Å². The number of aromatic nitrogens is 2. The standard InChI is InChI=1S/C30H20F3N5O2/c31-30(32,33)29(39)38(21-6-3-5-18(34)15-21)20-13-11-19(12-14-20)37-27-16-25(35-17-36-27)24-9-4-8-23-22-7-1-2-10-26(22)40-28(23)24/h1-17H,34H2,(H,35,36,37). The van der Waals surface area contributed by atoms with Crippen molar-refractivity contribution in [2.75, 3.05) is 16.0 Å². The topological polar surface area (TPSA) is 97.3 Å². The molecule has 40 heavy (non-hydrogen) atoms. The minimum atomic E-state index is -5.08. The van der Waals surface area contributed by atoms with Gasteiger partial charge in [-0.15, -0.1) is 0 Å². The first-order valence-electron chi connectivity index (χ1n) is 12.1. The van der Waals surface area contributed by atoms with Gasteiger partial charge in [0.2, 0.25) is 0 Å². The molecule has 0 spiro atoms. The van der Waals surface area contributed by atoms with Crippen LogP contribution in [0, 0.1) is 0 Å². The Hall–Kier alpha value is -5.38. The number of hydrogen-bond donors (Lipinski definition) is 2. The Morgan fingerprint density at radius 2 is 1.57 bits per heavy atom. The van der Waals surface area contributed by atoms with Crippen LogP contribution in [0.25, 0.3) is 33.2 Å². The van der Waals surface area contributed by atoms with Crippen LogP contribution >= 0.6 is 0 Å². The van der Waals surface area contributed by atoms with Gasteiger partial charge in [-0.1, -0.05) is 36.4 Å². The lowest BCUT2D eigenvalue weighted by atomic mass is 10.1. The number of carbonyl (C=O) groups is 1. The molecule has 10 heteroatoms. The molecule has 3 N–H and O–H groups in total. The Bertz CT molecular complexity index is 1870. The van der Waals surface area contributed by atoms with E-state index in [9.17, 15) is 18.0 Å². The number of nitrogens with zero attached hydrogens (tertiary/aromatic N) is 3. The minimum absolute atomic E-state index is 0.00300. The first kappa shape index (κ1) is 24.9. The molecule has 0 saturated carbocycles. The van der Waals surface area contributed by atoms with E-state index in [4.69, 9.17) is 10.2 Å². The Morgan fingerprint density at radius 1 is 0.825 bits per heavy atom. The summed E-state index contributed by atoms with van der Waals surface area (Å²) in [4.78, 5) is 21.6. The predicted octanol–water partition coefficient (Wildman–Crippen LogP) is 7.60. The normalized spacial score (nSPS) is 11.6. The zero-order valence-electron chi connectivity index (χ0n) is 20.7. The molecule has 0 unspecified atom stereocenters. The summed E-state index contributed by atoms with van der Waals surface area (Å²) < 4.78 is 46.4. The van der Waals surface area contributed by atoms with Gasteiger partial charge in [0.05, 0.1) is 11.4 Å². The highest BCUT2D eigenvalue weighted by atomic mass is 19.4. The molecule has 0 radical (unpaired) electrons.